The number of hydrogen-bond donors (Lipinski definition) is 1. The Morgan fingerprint density at radius 2 is 1.70 bits per heavy atom. The molecule has 0 saturated carbocycles. The highest BCUT2D eigenvalue weighted by atomic mass is 16.5. The summed E-state index contributed by atoms with van der Waals surface area (Å²) in [5, 5.41) is 3.29. The number of nitrogens with zero attached hydrogens (tertiary/aromatic N) is 2. The summed E-state index contributed by atoms with van der Waals surface area (Å²) in [6.07, 6.45) is 2.92. The highest BCUT2D eigenvalue weighted by Crippen LogP contribution is 2.32. The number of anilines is 1. The Bertz CT molecular complexity index is 682. The van der Waals surface area contributed by atoms with Gasteiger partial charge in [0.25, 0.3) is 0 Å². The van der Waals surface area contributed by atoms with Gasteiger partial charge in [0, 0.05) is 31.4 Å². The molecule has 5 heteroatoms. The van der Waals surface area contributed by atoms with Crippen LogP contribution in [0.25, 0.3) is 0 Å². The van der Waals surface area contributed by atoms with Gasteiger partial charge in [0.15, 0.2) is 0 Å². The molecule has 5 nitrogen and oxygen atoms in total. The molecule has 1 aromatic rings. The van der Waals surface area contributed by atoms with Crippen LogP contribution in [0.1, 0.15) is 77.3 Å². The number of hydrogen-bond acceptors (Lipinski definition) is 4. The lowest BCUT2D eigenvalue weighted by atomic mass is 9.92. The van der Waals surface area contributed by atoms with Crippen molar-refractivity contribution < 1.29 is 9.53 Å². The second-order valence-corrected chi connectivity index (χ2v) is 9.91. The number of carbonyl (C=O) groups is 1. The van der Waals surface area contributed by atoms with E-state index in [1.54, 1.807) is 0 Å². The smallest absolute Gasteiger partial charge is 0.238 e. The highest BCUT2D eigenvalue weighted by Gasteiger charge is 2.31. The van der Waals surface area contributed by atoms with Crippen molar-refractivity contribution in [3.63, 3.8) is 0 Å². The fourth-order valence-electron chi connectivity index (χ4n) is 5.10. The maximum absolute atomic E-state index is 13.1. The van der Waals surface area contributed by atoms with E-state index >= 15 is 0 Å². The van der Waals surface area contributed by atoms with Crippen LogP contribution in [0, 0.1) is 0 Å². The third kappa shape index (κ3) is 5.83. The molecule has 0 aliphatic carbocycles. The zero-order valence-electron chi connectivity index (χ0n) is 19.8. The molecule has 2 saturated heterocycles. The molecule has 168 valence electrons. The monoisotopic (exact) mass is 415 g/mol. The molecule has 1 amide bonds. The Morgan fingerprint density at radius 1 is 1.10 bits per heavy atom. The van der Waals surface area contributed by atoms with Crippen LogP contribution in [0.15, 0.2) is 18.2 Å². The van der Waals surface area contributed by atoms with E-state index in [0.717, 1.165) is 31.9 Å². The first kappa shape index (κ1) is 23.2. The normalized spacial score (nSPS) is 25.9. The molecule has 1 N–H and O–H groups in total. The average Bonchev–Trinajstić information content (AvgIpc) is 3.07. The van der Waals surface area contributed by atoms with Crippen LogP contribution in [0.5, 0.6) is 0 Å². The van der Waals surface area contributed by atoms with Crippen LogP contribution in [0.3, 0.4) is 0 Å². The van der Waals surface area contributed by atoms with Gasteiger partial charge in [0.2, 0.25) is 5.91 Å². The van der Waals surface area contributed by atoms with Crippen LogP contribution in [0.4, 0.5) is 5.69 Å². The lowest BCUT2D eigenvalue weighted by Crippen LogP contribution is -2.50. The number of benzene rings is 1. The van der Waals surface area contributed by atoms with Gasteiger partial charge in [-0.15, -0.1) is 0 Å². The second-order valence-electron chi connectivity index (χ2n) is 9.91. The van der Waals surface area contributed by atoms with E-state index in [1.165, 1.54) is 24.0 Å². The molecule has 2 aliphatic heterocycles. The van der Waals surface area contributed by atoms with Crippen LogP contribution >= 0.6 is 0 Å². The van der Waals surface area contributed by atoms with Crippen molar-refractivity contribution in [2.75, 3.05) is 38.0 Å². The fourth-order valence-corrected chi connectivity index (χ4v) is 5.10. The molecule has 2 aliphatic rings. The molecular formula is C25H41N3O2. The Hall–Kier alpha value is -1.43. The van der Waals surface area contributed by atoms with Gasteiger partial charge in [0.1, 0.15) is 0 Å². The van der Waals surface area contributed by atoms with Crippen molar-refractivity contribution in [1.29, 1.82) is 0 Å². The van der Waals surface area contributed by atoms with E-state index in [1.807, 2.05) is 0 Å². The fraction of sp³-hybridized carbons (Fsp3) is 0.720. The minimum atomic E-state index is 0.112. The first-order valence-corrected chi connectivity index (χ1v) is 11.8. The molecule has 3 atom stereocenters. The van der Waals surface area contributed by atoms with Gasteiger partial charge in [-0.1, -0.05) is 45.9 Å². The summed E-state index contributed by atoms with van der Waals surface area (Å²) in [6.45, 7) is 17.6. The third-order valence-corrected chi connectivity index (χ3v) is 6.45. The average molecular weight is 416 g/mol. The van der Waals surface area contributed by atoms with Crippen molar-refractivity contribution in [3.8, 4) is 0 Å². The minimum absolute atomic E-state index is 0.112. The maximum Gasteiger partial charge on any atom is 0.238 e. The number of morpholine rings is 1. The zero-order valence-corrected chi connectivity index (χ0v) is 19.8. The third-order valence-electron chi connectivity index (χ3n) is 6.45. The highest BCUT2D eigenvalue weighted by molar-refractivity contribution is 5.94. The van der Waals surface area contributed by atoms with Gasteiger partial charge in [-0.05, 0) is 56.2 Å². The number of amides is 1. The Balaban J connectivity index is 1.64. The van der Waals surface area contributed by atoms with E-state index in [4.69, 9.17) is 4.74 Å². The van der Waals surface area contributed by atoms with E-state index in [9.17, 15) is 4.79 Å². The summed E-state index contributed by atoms with van der Waals surface area (Å²) in [4.78, 5) is 18.0. The number of para-hydroxylation sites is 1. The quantitative estimate of drug-likeness (QED) is 0.715. The molecule has 2 heterocycles. The van der Waals surface area contributed by atoms with Gasteiger partial charge < -0.3 is 10.1 Å². The van der Waals surface area contributed by atoms with Gasteiger partial charge in [0.05, 0.1) is 18.8 Å². The molecule has 0 radical (unpaired) electrons. The first-order valence-electron chi connectivity index (χ1n) is 11.8. The topological polar surface area (TPSA) is 44.8 Å². The van der Waals surface area contributed by atoms with Crippen LogP contribution in [-0.4, -0.2) is 66.7 Å². The number of nitrogens with one attached hydrogen (secondary N) is 1. The Labute approximate surface area is 183 Å². The lowest BCUT2D eigenvalue weighted by Gasteiger charge is -2.38. The van der Waals surface area contributed by atoms with Crippen molar-refractivity contribution >= 4 is 11.6 Å². The zero-order chi connectivity index (χ0) is 21.8. The molecule has 0 bridgehead atoms. The van der Waals surface area contributed by atoms with E-state index in [-0.39, 0.29) is 18.1 Å². The maximum atomic E-state index is 13.1. The Morgan fingerprint density at radius 3 is 2.27 bits per heavy atom. The minimum Gasteiger partial charge on any atom is -0.373 e. The SMILES string of the molecule is CC1CN(CC2CCCN2CC(=O)Nc2c(C(C)C)cccc2C(C)C)CC(C)O1. The molecule has 3 rings (SSSR count). The van der Waals surface area contributed by atoms with E-state index in [0.29, 0.717) is 24.4 Å². The van der Waals surface area contributed by atoms with Crippen molar-refractivity contribution in [2.24, 2.45) is 0 Å². The second kappa shape index (κ2) is 10.3. The molecule has 30 heavy (non-hydrogen) atoms. The van der Waals surface area contributed by atoms with Crippen LogP contribution in [-0.2, 0) is 9.53 Å². The van der Waals surface area contributed by atoms with Crippen LogP contribution in [0.2, 0.25) is 0 Å². The van der Waals surface area contributed by atoms with Gasteiger partial charge in [-0.25, -0.2) is 0 Å². The lowest BCUT2D eigenvalue weighted by molar-refractivity contribution is -0.117. The summed E-state index contributed by atoms with van der Waals surface area (Å²) in [5.41, 5.74) is 3.48. The predicted molar refractivity (Wildman–Crippen MR) is 124 cm³/mol. The van der Waals surface area contributed by atoms with E-state index < -0.39 is 0 Å². The number of likely N-dealkylation sites (tertiary alicyclic amines) is 1. The summed E-state index contributed by atoms with van der Waals surface area (Å²) in [5.74, 6) is 0.869. The van der Waals surface area contributed by atoms with Crippen LogP contribution < -0.4 is 5.32 Å². The number of ether oxygens (including phenoxy) is 1. The summed E-state index contributed by atoms with van der Waals surface area (Å²) < 4.78 is 5.88. The van der Waals surface area contributed by atoms with Crippen molar-refractivity contribution in [1.82, 2.24) is 9.80 Å². The summed E-state index contributed by atoms with van der Waals surface area (Å²) in [6, 6.07) is 6.86. The first-order chi connectivity index (χ1) is 14.2. The molecule has 3 unspecified atom stereocenters. The summed E-state index contributed by atoms with van der Waals surface area (Å²) in [7, 11) is 0. The molecule has 0 aromatic heterocycles. The Kier molecular flexibility index (Phi) is 7.94. The molecular weight excluding hydrogens is 374 g/mol. The predicted octanol–water partition coefficient (Wildman–Crippen LogP) is 4.45. The van der Waals surface area contributed by atoms with Gasteiger partial charge >= 0.3 is 0 Å². The van der Waals surface area contributed by atoms with Crippen molar-refractivity contribution in [3.05, 3.63) is 29.3 Å². The van der Waals surface area contributed by atoms with Crippen molar-refractivity contribution in [2.45, 2.75) is 84.5 Å². The molecule has 1 aromatic carbocycles. The molecule has 2 fully saturated rings. The molecule has 0 spiro atoms. The number of carbonyl (C=O) groups excluding carboxylic acids is 1. The number of rotatable bonds is 7. The largest absolute Gasteiger partial charge is 0.373 e. The van der Waals surface area contributed by atoms with E-state index in [2.05, 4.69) is 74.9 Å². The summed E-state index contributed by atoms with van der Waals surface area (Å²) >= 11 is 0. The van der Waals surface area contributed by atoms with Gasteiger partial charge in [-0.3, -0.25) is 14.6 Å². The standard InChI is InChI=1S/C25H41N3O2/c1-17(2)22-10-7-11-23(18(3)4)25(22)26-24(29)16-28-12-8-9-21(28)15-27-13-19(5)30-20(6)14-27/h7,10-11,17-21H,8-9,12-16H2,1-6H3,(H,26,29). The van der Waals surface area contributed by atoms with Gasteiger partial charge in [-0.2, -0.15) is 0 Å².